The van der Waals surface area contributed by atoms with Gasteiger partial charge >= 0.3 is 0 Å². The number of hydrogen-bond donors (Lipinski definition) is 1. The highest BCUT2D eigenvalue weighted by atomic mass is 15.1. The molecule has 0 saturated carbocycles. The van der Waals surface area contributed by atoms with Crippen molar-refractivity contribution in [1.29, 1.82) is 0 Å². The van der Waals surface area contributed by atoms with Crippen LogP contribution in [-0.4, -0.2) is 37.6 Å². The Morgan fingerprint density at radius 3 is 2.46 bits per heavy atom. The van der Waals surface area contributed by atoms with Crippen LogP contribution in [0, 0.1) is 5.92 Å². The summed E-state index contributed by atoms with van der Waals surface area (Å²) in [4.78, 5) is 2.44. The molecule has 2 heteroatoms. The van der Waals surface area contributed by atoms with Gasteiger partial charge in [0.15, 0.2) is 0 Å². The Bertz CT molecular complexity index is 134. The highest BCUT2D eigenvalue weighted by Crippen LogP contribution is 2.09. The Labute approximate surface area is 83.0 Å². The van der Waals surface area contributed by atoms with Crippen molar-refractivity contribution in [3.8, 4) is 0 Å². The second kappa shape index (κ2) is 7.10. The van der Waals surface area contributed by atoms with E-state index in [1.807, 2.05) is 13.1 Å². The van der Waals surface area contributed by atoms with Crippen molar-refractivity contribution in [2.45, 2.75) is 26.8 Å². The fraction of sp³-hybridized carbons (Fsp3) is 0.818. The number of hydrogen-bond acceptors (Lipinski definition) is 2. The molecule has 78 valence electrons. The maximum atomic E-state index is 3.78. The van der Waals surface area contributed by atoms with Crippen LogP contribution in [0.3, 0.4) is 0 Å². The van der Waals surface area contributed by atoms with Gasteiger partial charge in [-0.15, -0.1) is 6.58 Å². The van der Waals surface area contributed by atoms with Crippen molar-refractivity contribution in [1.82, 2.24) is 10.2 Å². The molecule has 0 rings (SSSR count). The van der Waals surface area contributed by atoms with E-state index in [0.717, 1.165) is 19.6 Å². The van der Waals surface area contributed by atoms with Crippen LogP contribution in [0.5, 0.6) is 0 Å². The first kappa shape index (κ1) is 12.7. The van der Waals surface area contributed by atoms with Crippen molar-refractivity contribution in [2.24, 2.45) is 5.92 Å². The molecule has 0 aromatic rings. The van der Waals surface area contributed by atoms with Crippen LogP contribution in [0.1, 0.15) is 20.8 Å². The van der Waals surface area contributed by atoms with E-state index in [4.69, 9.17) is 0 Å². The van der Waals surface area contributed by atoms with E-state index in [2.05, 4.69) is 37.6 Å². The van der Waals surface area contributed by atoms with Gasteiger partial charge in [-0.05, 0) is 33.0 Å². The highest BCUT2D eigenvalue weighted by Gasteiger charge is 2.16. The largest absolute Gasteiger partial charge is 0.319 e. The number of rotatable bonds is 7. The van der Waals surface area contributed by atoms with Crippen LogP contribution in [-0.2, 0) is 0 Å². The minimum absolute atomic E-state index is 0.621. The summed E-state index contributed by atoms with van der Waals surface area (Å²) in [6.07, 6.45) is 1.98. The van der Waals surface area contributed by atoms with Gasteiger partial charge < -0.3 is 5.32 Å². The van der Waals surface area contributed by atoms with Gasteiger partial charge in [0.25, 0.3) is 0 Å². The number of nitrogens with zero attached hydrogens (tertiary/aromatic N) is 1. The Kier molecular flexibility index (Phi) is 6.92. The molecule has 2 atom stereocenters. The van der Waals surface area contributed by atoms with Gasteiger partial charge in [-0.2, -0.15) is 0 Å². The van der Waals surface area contributed by atoms with Crippen molar-refractivity contribution in [2.75, 3.05) is 26.7 Å². The lowest BCUT2D eigenvalue weighted by molar-refractivity contribution is 0.186. The van der Waals surface area contributed by atoms with E-state index in [1.54, 1.807) is 0 Å². The number of likely N-dealkylation sites (N-methyl/N-ethyl adjacent to an activating group) is 1. The third-order valence-electron chi connectivity index (χ3n) is 2.70. The molecule has 1 N–H and O–H groups in total. The summed E-state index contributed by atoms with van der Waals surface area (Å²) in [6, 6.07) is 0.621. The fourth-order valence-electron chi connectivity index (χ4n) is 1.60. The Morgan fingerprint density at radius 1 is 1.46 bits per heavy atom. The summed E-state index contributed by atoms with van der Waals surface area (Å²) in [7, 11) is 2.01. The predicted octanol–water partition coefficient (Wildman–Crippen LogP) is 1.74. The third kappa shape index (κ3) is 4.44. The van der Waals surface area contributed by atoms with Crippen LogP contribution < -0.4 is 5.32 Å². The smallest absolute Gasteiger partial charge is 0.0163 e. The topological polar surface area (TPSA) is 15.3 Å². The molecule has 2 nitrogen and oxygen atoms in total. The van der Waals surface area contributed by atoms with Crippen LogP contribution in [0.25, 0.3) is 0 Å². The third-order valence-corrected chi connectivity index (χ3v) is 2.70. The van der Waals surface area contributed by atoms with E-state index < -0.39 is 0 Å². The monoisotopic (exact) mass is 184 g/mol. The molecule has 2 unspecified atom stereocenters. The summed E-state index contributed by atoms with van der Waals surface area (Å²) in [5.41, 5.74) is 0. The van der Waals surface area contributed by atoms with Gasteiger partial charge in [0.2, 0.25) is 0 Å². The van der Waals surface area contributed by atoms with Crippen molar-refractivity contribution in [3.05, 3.63) is 12.7 Å². The van der Waals surface area contributed by atoms with Crippen molar-refractivity contribution < 1.29 is 0 Å². The zero-order valence-corrected chi connectivity index (χ0v) is 9.51. The van der Waals surface area contributed by atoms with E-state index in [9.17, 15) is 0 Å². The van der Waals surface area contributed by atoms with Gasteiger partial charge in [-0.25, -0.2) is 0 Å². The number of nitrogens with one attached hydrogen (secondary N) is 1. The molecule has 0 bridgehead atoms. The van der Waals surface area contributed by atoms with Crippen molar-refractivity contribution >= 4 is 0 Å². The molecule has 0 aromatic heterocycles. The molecule has 0 fully saturated rings. The van der Waals surface area contributed by atoms with Gasteiger partial charge in [0.1, 0.15) is 0 Å². The first-order valence-corrected chi connectivity index (χ1v) is 5.16. The summed E-state index contributed by atoms with van der Waals surface area (Å²) >= 11 is 0. The molecular formula is C11H24N2. The Hall–Kier alpha value is -0.340. The summed E-state index contributed by atoms with van der Waals surface area (Å²) in [5, 5.41) is 3.22. The summed E-state index contributed by atoms with van der Waals surface area (Å²) in [5.74, 6) is 0.685. The van der Waals surface area contributed by atoms with Crippen LogP contribution in [0.4, 0.5) is 0 Å². The zero-order valence-electron chi connectivity index (χ0n) is 9.51. The maximum Gasteiger partial charge on any atom is 0.0163 e. The molecule has 0 aliphatic rings. The molecular weight excluding hydrogens is 160 g/mol. The second-order valence-electron chi connectivity index (χ2n) is 3.65. The predicted molar refractivity (Wildman–Crippen MR) is 60.0 cm³/mol. The Balaban J connectivity index is 4.01. The SMILES string of the molecule is C=CCN(CC)C(C)C(C)CNC. The summed E-state index contributed by atoms with van der Waals surface area (Å²) < 4.78 is 0. The average molecular weight is 184 g/mol. The molecule has 0 aliphatic heterocycles. The minimum Gasteiger partial charge on any atom is -0.319 e. The summed E-state index contributed by atoms with van der Waals surface area (Å²) in [6.45, 7) is 13.7. The standard InChI is InChI=1S/C11H24N2/c1-6-8-13(7-2)11(4)10(3)9-12-5/h6,10-12H,1,7-9H2,2-5H3. The first-order valence-electron chi connectivity index (χ1n) is 5.16. The van der Waals surface area contributed by atoms with Gasteiger partial charge in [-0.1, -0.05) is 19.9 Å². The molecule has 0 spiro atoms. The highest BCUT2D eigenvalue weighted by molar-refractivity contribution is 4.79. The molecule has 0 aliphatic carbocycles. The van der Waals surface area contributed by atoms with E-state index in [-0.39, 0.29) is 0 Å². The van der Waals surface area contributed by atoms with Gasteiger partial charge in [-0.3, -0.25) is 4.90 Å². The lowest BCUT2D eigenvalue weighted by atomic mass is 10.0. The van der Waals surface area contributed by atoms with Crippen LogP contribution in [0.2, 0.25) is 0 Å². The molecule has 0 heterocycles. The second-order valence-corrected chi connectivity index (χ2v) is 3.65. The molecule has 0 aromatic carbocycles. The zero-order chi connectivity index (χ0) is 10.3. The average Bonchev–Trinajstić information content (AvgIpc) is 2.13. The van der Waals surface area contributed by atoms with Gasteiger partial charge in [0, 0.05) is 12.6 Å². The normalized spacial score (nSPS) is 15.8. The lowest BCUT2D eigenvalue weighted by Crippen LogP contribution is -2.40. The van der Waals surface area contributed by atoms with Crippen molar-refractivity contribution in [3.63, 3.8) is 0 Å². The molecule has 0 radical (unpaired) electrons. The van der Waals surface area contributed by atoms with E-state index >= 15 is 0 Å². The van der Waals surface area contributed by atoms with Crippen LogP contribution >= 0.6 is 0 Å². The first-order chi connectivity index (χ1) is 6.17. The van der Waals surface area contributed by atoms with Gasteiger partial charge in [0.05, 0.1) is 0 Å². The van der Waals surface area contributed by atoms with E-state index in [1.165, 1.54) is 0 Å². The molecule has 0 amide bonds. The Morgan fingerprint density at radius 2 is 2.08 bits per heavy atom. The maximum absolute atomic E-state index is 3.78. The lowest BCUT2D eigenvalue weighted by Gasteiger charge is -2.31. The van der Waals surface area contributed by atoms with Crippen LogP contribution in [0.15, 0.2) is 12.7 Å². The van der Waals surface area contributed by atoms with E-state index in [0.29, 0.717) is 12.0 Å². The fourth-order valence-corrected chi connectivity index (χ4v) is 1.60. The molecule has 13 heavy (non-hydrogen) atoms. The quantitative estimate of drug-likeness (QED) is 0.606. The minimum atomic E-state index is 0.621. The molecule has 0 saturated heterocycles.